The molecule has 5 nitrogen and oxygen atoms in total. The van der Waals surface area contributed by atoms with Crippen molar-refractivity contribution in [3.05, 3.63) is 29.3 Å². The molecule has 0 bridgehead atoms. The predicted octanol–water partition coefficient (Wildman–Crippen LogP) is 2.68. The fourth-order valence-electron chi connectivity index (χ4n) is 2.25. The number of carboxylic acids is 1. The minimum Gasteiger partial charge on any atom is -0.478 e. The van der Waals surface area contributed by atoms with Gasteiger partial charge in [0.2, 0.25) is 0 Å². The van der Waals surface area contributed by atoms with Crippen LogP contribution in [0.15, 0.2) is 12.1 Å². The van der Waals surface area contributed by atoms with E-state index in [0.29, 0.717) is 18.7 Å². The molecule has 7 heteroatoms. The Hall–Kier alpha value is -2.18. The molecule has 1 atom stereocenters. The second-order valence-electron chi connectivity index (χ2n) is 4.73. The molecule has 2 N–H and O–H groups in total. The Morgan fingerprint density at radius 1 is 1.35 bits per heavy atom. The number of likely N-dealkylation sites (tertiary alicyclic amines) is 1. The lowest BCUT2D eigenvalue weighted by atomic mass is 10.1. The summed E-state index contributed by atoms with van der Waals surface area (Å²) in [7, 11) is 0. The number of carbonyl (C=O) groups is 2. The van der Waals surface area contributed by atoms with Crippen LogP contribution in [0.1, 0.15) is 30.1 Å². The fraction of sp³-hybridized carbons (Fsp3) is 0.385. The van der Waals surface area contributed by atoms with Gasteiger partial charge in [0.1, 0.15) is 0 Å². The lowest BCUT2D eigenvalue weighted by Crippen LogP contribution is -2.37. The van der Waals surface area contributed by atoms with Crippen molar-refractivity contribution in [3.63, 3.8) is 0 Å². The molecule has 0 aromatic heterocycles. The molecular weight excluding hydrogens is 270 g/mol. The second-order valence-corrected chi connectivity index (χ2v) is 4.73. The van der Waals surface area contributed by atoms with Crippen LogP contribution in [-0.2, 0) is 0 Å². The third-order valence-electron chi connectivity index (χ3n) is 3.35. The van der Waals surface area contributed by atoms with Gasteiger partial charge in [0.25, 0.3) is 0 Å². The predicted molar refractivity (Wildman–Crippen MR) is 67.7 cm³/mol. The van der Waals surface area contributed by atoms with Crippen LogP contribution in [0.25, 0.3) is 0 Å². The van der Waals surface area contributed by atoms with Crippen LogP contribution in [0.5, 0.6) is 0 Å². The fourth-order valence-corrected chi connectivity index (χ4v) is 2.25. The van der Waals surface area contributed by atoms with E-state index in [1.165, 1.54) is 4.90 Å². The lowest BCUT2D eigenvalue weighted by Gasteiger charge is -2.22. The summed E-state index contributed by atoms with van der Waals surface area (Å²) < 4.78 is 26.3. The molecular formula is C13H14F2N2O3. The van der Waals surface area contributed by atoms with E-state index in [0.717, 1.165) is 12.8 Å². The number of nitrogens with zero attached hydrogens (tertiary/aromatic N) is 1. The molecule has 0 spiro atoms. The van der Waals surface area contributed by atoms with Crippen molar-refractivity contribution in [2.75, 3.05) is 11.9 Å². The Morgan fingerprint density at radius 3 is 2.55 bits per heavy atom. The number of amides is 2. The average Bonchev–Trinajstić information content (AvgIpc) is 2.79. The number of halogens is 2. The Bertz CT molecular complexity index is 563. The van der Waals surface area contributed by atoms with Crippen LogP contribution in [0.2, 0.25) is 0 Å². The number of nitrogens with one attached hydrogen (secondary N) is 1. The van der Waals surface area contributed by atoms with Gasteiger partial charge >= 0.3 is 12.0 Å². The largest absolute Gasteiger partial charge is 0.478 e. The first-order valence-electron chi connectivity index (χ1n) is 6.20. The zero-order valence-corrected chi connectivity index (χ0v) is 10.8. The quantitative estimate of drug-likeness (QED) is 0.877. The molecule has 1 fully saturated rings. The minimum absolute atomic E-state index is 0.0357. The average molecular weight is 284 g/mol. The maximum atomic E-state index is 13.2. The van der Waals surface area contributed by atoms with E-state index in [-0.39, 0.29) is 11.7 Å². The molecule has 1 unspecified atom stereocenters. The van der Waals surface area contributed by atoms with Crippen molar-refractivity contribution in [2.45, 2.75) is 25.8 Å². The smallest absolute Gasteiger partial charge is 0.337 e. The van der Waals surface area contributed by atoms with E-state index in [9.17, 15) is 18.4 Å². The summed E-state index contributed by atoms with van der Waals surface area (Å²) >= 11 is 0. The number of urea groups is 1. The topological polar surface area (TPSA) is 69.6 Å². The van der Waals surface area contributed by atoms with E-state index in [4.69, 9.17) is 5.11 Å². The van der Waals surface area contributed by atoms with E-state index in [1.54, 1.807) is 0 Å². The Kier molecular flexibility index (Phi) is 3.87. The van der Waals surface area contributed by atoms with Gasteiger partial charge in [-0.1, -0.05) is 0 Å². The van der Waals surface area contributed by atoms with Crippen LogP contribution in [0.3, 0.4) is 0 Å². The molecule has 1 aromatic carbocycles. The summed E-state index contributed by atoms with van der Waals surface area (Å²) in [6.07, 6.45) is 1.72. The standard InChI is InChI=1S/C13H14F2N2O3/c1-7-3-2-4-17(7)13(20)16-11-6-10(15)9(14)5-8(11)12(18)19/h5-7H,2-4H2,1H3,(H,16,20)(H,18,19). The number of carbonyl (C=O) groups excluding carboxylic acids is 1. The van der Waals surface area contributed by atoms with Crippen molar-refractivity contribution in [1.82, 2.24) is 4.90 Å². The first-order valence-corrected chi connectivity index (χ1v) is 6.20. The van der Waals surface area contributed by atoms with Crippen LogP contribution in [-0.4, -0.2) is 34.6 Å². The van der Waals surface area contributed by atoms with Gasteiger partial charge < -0.3 is 15.3 Å². The summed E-state index contributed by atoms with van der Waals surface area (Å²) in [6, 6.07) is 0.759. The van der Waals surface area contributed by atoms with Crippen molar-refractivity contribution >= 4 is 17.7 Å². The zero-order chi connectivity index (χ0) is 14.9. The van der Waals surface area contributed by atoms with Crippen molar-refractivity contribution in [3.8, 4) is 0 Å². The van der Waals surface area contributed by atoms with E-state index < -0.39 is 29.2 Å². The summed E-state index contributed by atoms with van der Waals surface area (Å²) in [5.41, 5.74) is -0.732. The van der Waals surface area contributed by atoms with Gasteiger partial charge in [0.05, 0.1) is 11.3 Å². The van der Waals surface area contributed by atoms with Crippen LogP contribution < -0.4 is 5.32 Å². The third-order valence-corrected chi connectivity index (χ3v) is 3.35. The molecule has 0 radical (unpaired) electrons. The van der Waals surface area contributed by atoms with Gasteiger partial charge in [0, 0.05) is 18.7 Å². The highest BCUT2D eigenvalue weighted by molar-refractivity contribution is 6.00. The Labute approximate surface area is 114 Å². The molecule has 1 aliphatic rings. The maximum absolute atomic E-state index is 13.2. The molecule has 1 heterocycles. The molecule has 20 heavy (non-hydrogen) atoms. The lowest BCUT2D eigenvalue weighted by molar-refractivity contribution is 0.0697. The number of rotatable bonds is 2. The minimum atomic E-state index is -1.44. The number of hydrogen-bond acceptors (Lipinski definition) is 2. The Morgan fingerprint density at radius 2 is 2.00 bits per heavy atom. The van der Waals surface area contributed by atoms with Crippen molar-refractivity contribution < 1.29 is 23.5 Å². The molecule has 1 aliphatic heterocycles. The zero-order valence-electron chi connectivity index (χ0n) is 10.8. The highest BCUT2D eigenvalue weighted by atomic mass is 19.2. The molecule has 1 saturated heterocycles. The number of hydrogen-bond donors (Lipinski definition) is 2. The molecule has 0 aliphatic carbocycles. The third kappa shape index (κ3) is 2.71. The molecule has 2 amide bonds. The molecule has 1 aromatic rings. The maximum Gasteiger partial charge on any atom is 0.337 e. The molecule has 108 valence electrons. The van der Waals surface area contributed by atoms with E-state index in [2.05, 4.69) is 5.32 Å². The van der Waals surface area contributed by atoms with Gasteiger partial charge in [0.15, 0.2) is 11.6 Å². The van der Waals surface area contributed by atoms with Crippen molar-refractivity contribution in [2.24, 2.45) is 0 Å². The van der Waals surface area contributed by atoms with Crippen LogP contribution in [0, 0.1) is 11.6 Å². The molecule has 2 rings (SSSR count). The number of anilines is 1. The summed E-state index contributed by atoms with van der Waals surface area (Å²) in [5, 5.41) is 11.3. The van der Waals surface area contributed by atoms with E-state index in [1.807, 2.05) is 6.92 Å². The highest BCUT2D eigenvalue weighted by Crippen LogP contribution is 2.23. The second kappa shape index (κ2) is 5.44. The van der Waals surface area contributed by atoms with Crippen molar-refractivity contribution in [1.29, 1.82) is 0 Å². The number of benzene rings is 1. The van der Waals surface area contributed by atoms with Gasteiger partial charge in [-0.3, -0.25) is 0 Å². The van der Waals surface area contributed by atoms with Gasteiger partial charge in [-0.2, -0.15) is 0 Å². The van der Waals surface area contributed by atoms with E-state index >= 15 is 0 Å². The summed E-state index contributed by atoms with van der Waals surface area (Å²) in [6.45, 7) is 2.43. The SMILES string of the molecule is CC1CCCN1C(=O)Nc1cc(F)c(F)cc1C(=O)O. The summed E-state index contributed by atoms with van der Waals surface area (Å²) in [5.74, 6) is -3.91. The Balaban J connectivity index is 2.26. The summed E-state index contributed by atoms with van der Waals surface area (Å²) in [4.78, 5) is 24.5. The van der Waals surface area contributed by atoms with Crippen LogP contribution >= 0.6 is 0 Å². The normalized spacial score (nSPS) is 18.1. The highest BCUT2D eigenvalue weighted by Gasteiger charge is 2.26. The van der Waals surface area contributed by atoms with Crippen LogP contribution in [0.4, 0.5) is 19.3 Å². The monoisotopic (exact) mass is 284 g/mol. The van der Waals surface area contributed by atoms with Gasteiger partial charge in [-0.15, -0.1) is 0 Å². The molecule has 0 saturated carbocycles. The number of carboxylic acid groups (broad SMARTS) is 1. The van der Waals surface area contributed by atoms with Gasteiger partial charge in [-0.25, -0.2) is 18.4 Å². The number of aromatic carboxylic acids is 1. The first kappa shape index (κ1) is 14.2. The van der Waals surface area contributed by atoms with Gasteiger partial charge in [-0.05, 0) is 25.8 Å². The first-order chi connectivity index (χ1) is 9.40.